The molecule has 0 unspecified atom stereocenters. The standard InChI is InChI=1S/C45H27N3O2/c1-3-11-28(12-4-1)30-19-21-31(22-20-30)43-46-44(32-23-24-35-34-15-7-9-17-38(34)49-40(35)26-32)48-45(47-43)37-25-33(29-13-5-2-6-14-29)27-41-42(37)36-16-8-10-18-39(36)50-41/h1-27H. The van der Waals surface area contributed by atoms with E-state index in [-0.39, 0.29) is 0 Å². The van der Waals surface area contributed by atoms with Gasteiger partial charge in [-0.25, -0.2) is 15.0 Å². The topological polar surface area (TPSA) is 65.0 Å². The second-order valence-electron chi connectivity index (χ2n) is 12.4. The first-order chi connectivity index (χ1) is 24.7. The van der Waals surface area contributed by atoms with Gasteiger partial charge in [0.1, 0.15) is 22.3 Å². The summed E-state index contributed by atoms with van der Waals surface area (Å²) in [5.74, 6) is 1.71. The van der Waals surface area contributed by atoms with E-state index in [2.05, 4.69) is 97.1 Å². The maximum Gasteiger partial charge on any atom is 0.164 e. The van der Waals surface area contributed by atoms with Crippen molar-refractivity contribution in [2.45, 2.75) is 0 Å². The van der Waals surface area contributed by atoms with Gasteiger partial charge in [-0.15, -0.1) is 0 Å². The molecule has 234 valence electrons. The van der Waals surface area contributed by atoms with Crippen LogP contribution in [-0.2, 0) is 0 Å². The number of nitrogens with zero attached hydrogens (tertiary/aromatic N) is 3. The van der Waals surface area contributed by atoms with Crippen molar-refractivity contribution in [3.05, 3.63) is 164 Å². The van der Waals surface area contributed by atoms with Crippen molar-refractivity contribution in [2.75, 3.05) is 0 Å². The molecule has 0 atom stereocenters. The highest BCUT2D eigenvalue weighted by atomic mass is 16.3. The lowest BCUT2D eigenvalue weighted by Crippen LogP contribution is -2.00. The SMILES string of the molecule is c1ccc(-c2ccc(-c3nc(-c4ccc5c(c4)oc4ccccc45)nc(-c4cc(-c5ccccc5)cc5oc6ccccc6c45)n3)cc2)cc1. The van der Waals surface area contributed by atoms with Gasteiger partial charge in [-0.05, 0) is 58.7 Å². The van der Waals surface area contributed by atoms with Gasteiger partial charge in [0.25, 0.3) is 0 Å². The molecule has 10 rings (SSSR count). The first-order valence-electron chi connectivity index (χ1n) is 16.6. The normalized spacial score (nSPS) is 11.6. The van der Waals surface area contributed by atoms with Crippen molar-refractivity contribution in [3.63, 3.8) is 0 Å². The van der Waals surface area contributed by atoms with Gasteiger partial charge < -0.3 is 8.83 Å². The van der Waals surface area contributed by atoms with Crippen LogP contribution in [0.2, 0.25) is 0 Å². The molecule has 5 heteroatoms. The minimum atomic E-state index is 0.561. The molecule has 0 spiro atoms. The molecular weight excluding hydrogens is 615 g/mol. The molecule has 3 heterocycles. The number of hydrogen-bond acceptors (Lipinski definition) is 5. The van der Waals surface area contributed by atoms with Crippen LogP contribution in [0.1, 0.15) is 0 Å². The van der Waals surface area contributed by atoms with Crippen molar-refractivity contribution in [1.82, 2.24) is 15.0 Å². The molecule has 10 aromatic rings. The molecule has 0 aliphatic carbocycles. The predicted molar refractivity (Wildman–Crippen MR) is 202 cm³/mol. The van der Waals surface area contributed by atoms with Crippen molar-refractivity contribution >= 4 is 43.9 Å². The summed E-state index contributed by atoms with van der Waals surface area (Å²) in [5.41, 5.74) is 10.2. The average Bonchev–Trinajstić information content (AvgIpc) is 3.76. The molecule has 0 saturated carbocycles. The summed E-state index contributed by atoms with van der Waals surface area (Å²) < 4.78 is 12.7. The maximum atomic E-state index is 6.46. The first-order valence-corrected chi connectivity index (χ1v) is 16.6. The van der Waals surface area contributed by atoms with Crippen LogP contribution < -0.4 is 0 Å². The zero-order valence-electron chi connectivity index (χ0n) is 26.7. The fourth-order valence-corrected chi connectivity index (χ4v) is 6.89. The first kappa shape index (κ1) is 28.2. The Balaban J connectivity index is 1.22. The minimum Gasteiger partial charge on any atom is -0.456 e. The van der Waals surface area contributed by atoms with E-state index in [0.717, 1.165) is 82.8 Å². The van der Waals surface area contributed by atoms with Crippen LogP contribution in [0.3, 0.4) is 0 Å². The molecule has 0 aliphatic heterocycles. The van der Waals surface area contributed by atoms with Gasteiger partial charge in [-0.2, -0.15) is 0 Å². The number of para-hydroxylation sites is 2. The van der Waals surface area contributed by atoms with Crippen LogP contribution in [0.15, 0.2) is 173 Å². The number of rotatable bonds is 5. The Bertz CT molecular complexity index is 2850. The Labute approximate surface area is 287 Å². The van der Waals surface area contributed by atoms with E-state index in [9.17, 15) is 0 Å². The lowest BCUT2D eigenvalue weighted by molar-refractivity contribution is 0.668. The minimum absolute atomic E-state index is 0.561. The van der Waals surface area contributed by atoms with E-state index < -0.39 is 0 Å². The van der Waals surface area contributed by atoms with E-state index in [0.29, 0.717) is 17.5 Å². The van der Waals surface area contributed by atoms with Crippen molar-refractivity contribution in [3.8, 4) is 56.4 Å². The van der Waals surface area contributed by atoms with Crippen LogP contribution in [0.25, 0.3) is 100 Å². The molecule has 0 aliphatic rings. The fourth-order valence-electron chi connectivity index (χ4n) is 6.89. The molecule has 0 bridgehead atoms. The fraction of sp³-hybridized carbons (Fsp3) is 0. The van der Waals surface area contributed by atoms with Crippen molar-refractivity contribution in [1.29, 1.82) is 0 Å². The Morgan fingerprint density at radius 1 is 0.300 bits per heavy atom. The van der Waals surface area contributed by atoms with Gasteiger partial charge in [-0.1, -0.05) is 127 Å². The number of furan rings is 2. The highest BCUT2D eigenvalue weighted by molar-refractivity contribution is 6.13. The molecule has 0 N–H and O–H groups in total. The second-order valence-corrected chi connectivity index (χ2v) is 12.4. The number of fused-ring (bicyclic) bond motifs is 6. The third-order valence-corrected chi connectivity index (χ3v) is 9.35. The molecule has 50 heavy (non-hydrogen) atoms. The number of hydrogen-bond donors (Lipinski definition) is 0. The average molecular weight is 642 g/mol. The maximum absolute atomic E-state index is 6.46. The molecule has 0 amide bonds. The summed E-state index contributed by atoms with van der Waals surface area (Å²) in [7, 11) is 0. The summed E-state index contributed by atoms with van der Waals surface area (Å²) >= 11 is 0. The molecule has 0 fully saturated rings. The van der Waals surface area contributed by atoms with Crippen molar-refractivity contribution < 1.29 is 8.83 Å². The molecule has 0 saturated heterocycles. The lowest BCUT2D eigenvalue weighted by atomic mass is 9.98. The van der Waals surface area contributed by atoms with Crippen LogP contribution in [0, 0.1) is 0 Å². The van der Waals surface area contributed by atoms with E-state index in [1.54, 1.807) is 0 Å². The summed E-state index contributed by atoms with van der Waals surface area (Å²) in [6.07, 6.45) is 0. The third-order valence-electron chi connectivity index (χ3n) is 9.35. The van der Waals surface area contributed by atoms with Gasteiger partial charge in [-0.3, -0.25) is 0 Å². The summed E-state index contributed by atoms with van der Waals surface area (Å²) in [6.45, 7) is 0. The zero-order valence-corrected chi connectivity index (χ0v) is 26.7. The monoisotopic (exact) mass is 641 g/mol. The van der Waals surface area contributed by atoms with E-state index in [4.69, 9.17) is 23.8 Å². The van der Waals surface area contributed by atoms with Crippen molar-refractivity contribution in [2.24, 2.45) is 0 Å². The van der Waals surface area contributed by atoms with Gasteiger partial charge >= 0.3 is 0 Å². The molecule has 0 radical (unpaired) electrons. The quantitative estimate of drug-likeness (QED) is 0.187. The highest BCUT2D eigenvalue weighted by Crippen LogP contribution is 2.40. The Morgan fingerprint density at radius 2 is 0.780 bits per heavy atom. The summed E-state index contributed by atoms with van der Waals surface area (Å²) in [5, 5.41) is 4.11. The Kier molecular flexibility index (Phi) is 6.42. The predicted octanol–water partition coefficient (Wildman–Crippen LogP) is 12.0. The third kappa shape index (κ3) is 4.75. The highest BCUT2D eigenvalue weighted by Gasteiger charge is 2.20. The van der Waals surface area contributed by atoms with E-state index in [1.165, 1.54) is 0 Å². The largest absolute Gasteiger partial charge is 0.456 e. The number of aromatic nitrogens is 3. The summed E-state index contributed by atoms with van der Waals surface area (Å²) in [4.78, 5) is 15.5. The molecule has 7 aromatic carbocycles. The van der Waals surface area contributed by atoms with Gasteiger partial charge in [0.05, 0.1) is 0 Å². The Hall–Kier alpha value is -6.85. The molecule has 5 nitrogen and oxygen atoms in total. The van der Waals surface area contributed by atoms with Crippen LogP contribution in [0.5, 0.6) is 0 Å². The van der Waals surface area contributed by atoms with Gasteiger partial charge in [0.15, 0.2) is 17.5 Å². The van der Waals surface area contributed by atoms with Gasteiger partial charge in [0, 0.05) is 38.2 Å². The lowest BCUT2D eigenvalue weighted by Gasteiger charge is -2.11. The summed E-state index contributed by atoms with van der Waals surface area (Å²) in [6, 6.07) is 55.8. The van der Waals surface area contributed by atoms with Gasteiger partial charge in [0.2, 0.25) is 0 Å². The smallest absolute Gasteiger partial charge is 0.164 e. The zero-order chi connectivity index (χ0) is 33.0. The van der Waals surface area contributed by atoms with E-state index in [1.807, 2.05) is 66.7 Å². The van der Waals surface area contributed by atoms with Crippen LogP contribution >= 0.6 is 0 Å². The Morgan fingerprint density at radius 3 is 1.52 bits per heavy atom. The van der Waals surface area contributed by atoms with Crippen LogP contribution in [0.4, 0.5) is 0 Å². The second kappa shape index (κ2) is 11.4. The molecular formula is C45H27N3O2. The number of benzene rings is 7. The van der Waals surface area contributed by atoms with Crippen LogP contribution in [-0.4, -0.2) is 15.0 Å². The van der Waals surface area contributed by atoms with E-state index >= 15 is 0 Å². The molecule has 3 aromatic heterocycles.